The lowest BCUT2D eigenvalue weighted by Crippen LogP contribution is -2.40. The molecule has 32 heavy (non-hydrogen) atoms. The molecule has 9 nitrogen and oxygen atoms in total. The molecule has 3 rings (SSSR count). The second-order valence-corrected chi connectivity index (χ2v) is 10.9. The summed E-state index contributed by atoms with van der Waals surface area (Å²) in [6.07, 6.45) is 1.85. The molecular formula is C21H29N3O6S2. The summed E-state index contributed by atoms with van der Waals surface area (Å²) in [6.45, 7) is 3.84. The molecule has 0 aromatic heterocycles. The summed E-state index contributed by atoms with van der Waals surface area (Å²) in [5, 5.41) is 3.19. The minimum Gasteiger partial charge on any atom is -0.497 e. The number of hydrogen-bond acceptors (Lipinski definition) is 7. The van der Waals surface area contributed by atoms with Crippen molar-refractivity contribution in [1.29, 1.82) is 0 Å². The zero-order valence-electron chi connectivity index (χ0n) is 18.2. The van der Waals surface area contributed by atoms with Gasteiger partial charge >= 0.3 is 0 Å². The van der Waals surface area contributed by atoms with Crippen LogP contribution in [0.15, 0.2) is 52.3 Å². The van der Waals surface area contributed by atoms with Crippen molar-refractivity contribution in [3.8, 4) is 5.75 Å². The number of rotatable bonds is 10. The van der Waals surface area contributed by atoms with Crippen LogP contribution in [0.4, 0.5) is 11.4 Å². The number of sulfonamides is 2. The first-order valence-electron chi connectivity index (χ1n) is 10.4. The molecule has 0 saturated carbocycles. The average molecular weight is 484 g/mol. The molecule has 0 radical (unpaired) electrons. The lowest BCUT2D eigenvalue weighted by atomic mass is 10.2. The van der Waals surface area contributed by atoms with Gasteiger partial charge in [-0.2, -0.15) is 4.31 Å². The van der Waals surface area contributed by atoms with Gasteiger partial charge in [-0.15, -0.1) is 0 Å². The van der Waals surface area contributed by atoms with E-state index >= 15 is 0 Å². The van der Waals surface area contributed by atoms with Crippen molar-refractivity contribution in [2.45, 2.75) is 29.6 Å². The van der Waals surface area contributed by atoms with E-state index in [9.17, 15) is 16.8 Å². The molecule has 0 atom stereocenters. The van der Waals surface area contributed by atoms with Crippen molar-refractivity contribution in [1.82, 2.24) is 4.31 Å². The van der Waals surface area contributed by atoms with E-state index in [1.165, 1.54) is 35.7 Å². The standard InChI is InChI=1S/C21H29N3O6S2/c1-3-4-11-22-20-10-9-19(32(27,28)24-12-14-30-15-13-24)16-21(20)23-31(25,26)18-7-5-17(29-2)6-8-18/h5-10,16,22-23H,3-4,11-15H2,1-2H3. The van der Waals surface area contributed by atoms with Gasteiger partial charge in [-0.05, 0) is 48.9 Å². The molecule has 1 saturated heterocycles. The SMILES string of the molecule is CCCCNc1ccc(S(=O)(=O)N2CCOCC2)cc1NS(=O)(=O)c1ccc(OC)cc1. The van der Waals surface area contributed by atoms with Crippen molar-refractivity contribution in [2.75, 3.05) is 50.0 Å². The first kappa shape index (κ1) is 24.3. The highest BCUT2D eigenvalue weighted by Crippen LogP contribution is 2.30. The van der Waals surface area contributed by atoms with E-state index in [4.69, 9.17) is 9.47 Å². The maximum atomic E-state index is 13.1. The number of unbranched alkanes of at least 4 members (excludes halogenated alkanes) is 1. The van der Waals surface area contributed by atoms with Crippen molar-refractivity contribution in [2.24, 2.45) is 0 Å². The van der Waals surface area contributed by atoms with E-state index in [-0.39, 0.29) is 28.6 Å². The smallest absolute Gasteiger partial charge is 0.261 e. The zero-order valence-corrected chi connectivity index (χ0v) is 19.8. The van der Waals surface area contributed by atoms with Crippen LogP contribution in [0.5, 0.6) is 5.75 Å². The van der Waals surface area contributed by atoms with E-state index < -0.39 is 20.0 Å². The number of benzene rings is 2. The first-order valence-corrected chi connectivity index (χ1v) is 13.3. The molecule has 2 aromatic rings. The minimum absolute atomic E-state index is 0.0212. The summed E-state index contributed by atoms with van der Waals surface area (Å²) < 4.78 is 66.3. The third kappa shape index (κ3) is 5.71. The summed E-state index contributed by atoms with van der Waals surface area (Å²) in [6, 6.07) is 10.4. The summed E-state index contributed by atoms with van der Waals surface area (Å²) in [4.78, 5) is 0.0621. The number of hydrogen-bond donors (Lipinski definition) is 2. The van der Waals surface area contributed by atoms with Crippen LogP contribution in [0.25, 0.3) is 0 Å². The summed E-state index contributed by atoms with van der Waals surface area (Å²) in [7, 11) is -6.24. The minimum atomic E-state index is -3.95. The highest BCUT2D eigenvalue weighted by Gasteiger charge is 2.27. The lowest BCUT2D eigenvalue weighted by molar-refractivity contribution is 0.0730. The topological polar surface area (TPSA) is 114 Å². The van der Waals surface area contributed by atoms with Crippen molar-refractivity contribution in [3.63, 3.8) is 0 Å². The Labute approximate surface area is 189 Å². The van der Waals surface area contributed by atoms with E-state index in [0.29, 0.717) is 31.2 Å². The molecular weight excluding hydrogens is 454 g/mol. The molecule has 0 aliphatic carbocycles. The molecule has 1 aliphatic rings. The van der Waals surface area contributed by atoms with Crippen LogP contribution in [0.1, 0.15) is 19.8 Å². The van der Waals surface area contributed by atoms with Gasteiger partial charge in [0.05, 0.1) is 41.5 Å². The quantitative estimate of drug-likeness (QED) is 0.500. The zero-order chi connectivity index (χ0) is 23.2. The van der Waals surface area contributed by atoms with Gasteiger partial charge in [-0.25, -0.2) is 16.8 Å². The van der Waals surface area contributed by atoms with E-state index in [1.54, 1.807) is 18.2 Å². The molecule has 0 unspecified atom stereocenters. The van der Waals surface area contributed by atoms with Crippen molar-refractivity contribution < 1.29 is 26.3 Å². The van der Waals surface area contributed by atoms with Crippen LogP contribution in [-0.2, 0) is 24.8 Å². The Kier molecular flexibility index (Phi) is 7.99. The molecule has 11 heteroatoms. The predicted molar refractivity (Wildman–Crippen MR) is 123 cm³/mol. The molecule has 1 fully saturated rings. The molecule has 1 heterocycles. The van der Waals surface area contributed by atoms with Crippen molar-refractivity contribution in [3.05, 3.63) is 42.5 Å². The van der Waals surface area contributed by atoms with E-state index in [0.717, 1.165) is 12.8 Å². The normalized spacial score (nSPS) is 15.3. The molecule has 0 spiro atoms. The average Bonchev–Trinajstić information content (AvgIpc) is 2.80. The monoisotopic (exact) mass is 483 g/mol. The summed E-state index contributed by atoms with van der Waals surface area (Å²) >= 11 is 0. The fourth-order valence-corrected chi connectivity index (χ4v) is 5.72. The van der Waals surface area contributed by atoms with Crippen LogP contribution in [-0.4, -0.2) is 61.1 Å². The first-order chi connectivity index (χ1) is 15.3. The van der Waals surface area contributed by atoms with Crippen LogP contribution in [0.3, 0.4) is 0 Å². The van der Waals surface area contributed by atoms with Crippen LogP contribution in [0, 0.1) is 0 Å². The molecule has 1 aliphatic heterocycles. The van der Waals surface area contributed by atoms with Gasteiger partial charge in [-0.1, -0.05) is 13.3 Å². The maximum Gasteiger partial charge on any atom is 0.261 e. The molecule has 176 valence electrons. The maximum absolute atomic E-state index is 13.1. The highest BCUT2D eigenvalue weighted by molar-refractivity contribution is 7.92. The van der Waals surface area contributed by atoms with Gasteiger partial charge in [0.25, 0.3) is 10.0 Å². The summed E-state index contributed by atoms with van der Waals surface area (Å²) in [5.74, 6) is 0.532. The Morgan fingerprint density at radius 3 is 2.25 bits per heavy atom. The third-order valence-corrected chi connectivity index (χ3v) is 8.33. The summed E-state index contributed by atoms with van der Waals surface area (Å²) in [5.41, 5.74) is 0.683. The van der Waals surface area contributed by atoms with Gasteiger partial charge in [-0.3, -0.25) is 4.72 Å². The van der Waals surface area contributed by atoms with Gasteiger partial charge in [0.2, 0.25) is 10.0 Å². The second-order valence-electron chi connectivity index (χ2n) is 7.29. The molecule has 2 aromatic carbocycles. The highest BCUT2D eigenvalue weighted by atomic mass is 32.2. The van der Waals surface area contributed by atoms with Crippen LogP contribution >= 0.6 is 0 Å². The van der Waals surface area contributed by atoms with E-state index in [1.807, 2.05) is 6.92 Å². The Morgan fingerprint density at radius 2 is 1.62 bits per heavy atom. The number of methoxy groups -OCH3 is 1. The fourth-order valence-electron chi connectivity index (χ4n) is 3.22. The number of morpholine rings is 1. The Morgan fingerprint density at radius 1 is 0.969 bits per heavy atom. The van der Waals surface area contributed by atoms with Gasteiger partial charge in [0.15, 0.2) is 0 Å². The van der Waals surface area contributed by atoms with Gasteiger partial charge < -0.3 is 14.8 Å². The number of nitrogens with zero attached hydrogens (tertiary/aromatic N) is 1. The largest absolute Gasteiger partial charge is 0.497 e. The second kappa shape index (κ2) is 10.5. The van der Waals surface area contributed by atoms with E-state index in [2.05, 4.69) is 10.0 Å². The fraction of sp³-hybridized carbons (Fsp3) is 0.429. The molecule has 0 bridgehead atoms. The van der Waals surface area contributed by atoms with Crippen molar-refractivity contribution >= 4 is 31.4 Å². The van der Waals surface area contributed by atoms with Gasteiger partial charge in [0, 0.05) is 19.6 Å². The molecule has 0 amide bonds. The Bertz CT molecular complexity index is 1110. The van der Waals surface area contributed by atoms with Crippen LogP contribution < -0.4 is 14.8 Å². The predicted octanol–water partition coefficient (Wildman–Crippen LogP) is 2.73. The third-order valence-electron chi connectivity index (χ3n) is 5.06. The lowest BCUT2D eigenvalue weighted by Gasteiger charge is -2.26. The Balaban J connectivity index is 1.95. The van der Waals surface area contributed by atoms with Crippen LogP contribution in [0.2, 0.25) is 0 Å². The Hall–Kier alpha value is -2.34. The number of ether oxygens (including phenoxy) is 2. The van der Waals surface area contributed by atoms with Gasteiger partial charge in [0.1, 0.15) is 5.75 Å². The number of anilines is 2. The number of nitrogens with one attached hydrogen (secondary N) is 2. The molecule has 2 N–H and O–H groups in total.